The fourth-order valence-electron chi connectivity index (χ4n) is 2.38. The van der Waals surface area contributed by atoms with E-state index in [4.69, 9.17) is 16.3 Å². The Hall–Kier alpha value is -2.77. The third-order valence-electron chi connectivity index (χ3n) is 3.68. The number of benzene rings is 2. The molecule has 3 aromatic rings. The van der Waals surface area contributed by atoms with Crippen LogP contribution in [0.5, 0.6) is 0 Å². The van der Waals surface area contributed by atoms with Gasteiger partial charge in [-0.25, -0.2) is 4.39 Å². The van der Waals surface area contributed by atoms with Crippen molar-refractivity contribution < 1.29 is 18.7 Å². The molecule has 3 rings (SSSR count). The Balaban J connectivity index is 2.01. The molecule has 0 aliphatic carbocycles. The van der Waals surface area contributed by atoms with E-state index in [1.54, 1.807) is 30.3 Å². The van der Waals surface area contributed by atoms with Crippen molar-refractivity contribution in [1.82, 2.24) is 4.57 Å². The smallest absolute Gasteiger partial charge is 0.325 e. The predicted molar refractivity (Wildman–Crippen MR) is 103 cm³/mol. The fraction of sp³-hybridized carbons (Fsp3) is 0.105. The van der Waals surface area contributed by atoms with Gasteiger partial charge in [0.15, 0.2) is 4.80 Å². The van der Waals surface area contributed by atoms with Crippen LogP contribution in [0.15, 0.2) is 53.5 Å². The Morgan fingerprint density at radius 2 is 2.07 bits per heavy atom. The summed E-state index contributed by atoms with van der Waals surface area (Å²) in [5, 5.41) is 0.514. The molecular weight excluding hydrogens is 391 g/mol. The average Bonchev–Trinajstić information content (AvgIpc) is 2.97. The van der Waals surface area contributed by atoms with Crippen LogP contribution in [0.1, 0.15) is 5.56 Å². The van der Waals surface area contributed by atoms with Gasteiger partial charge < -0.3 is 9.30 Å². The van der Waals surface area contributed by atoms with E-state index in [0.717, 1.165) is 11.3 Å². The molecule has 1 aromatic heterocycles. The van der Waals surface area contributed by atoms with Crippen molar-refractivity contribution in [2.45, 2.75) is 6.54 Å². The molecule has 0 unspecified atom stereocenters. The lowest BCUT2D eigenvalue weighted by Crippen LogP contribution is -2.22. The van der Waals surface area contributed by atoms with Gasteiger partial charge in [-0.15, -0.1) is 0 Å². The number of hydrogen-bond acceptors (Lipinski definition) is 4. The highest BCUT2D eigenvalue weighted by molar-refractivity contribution is 7.16. The van der Waals surface area contributed by atoms with Crippen LogP contribution in [0.3, 0.4) is 0 Å². The van der Waals surface area contributed by atoms with Crippen molar-refractivity contribution in [2.24, 2.45) is 4.99 Å². The molecule has 0 bridgehead atoms. The van der Waals surface area contributed by atoms with Crippen LogP contribution in [0, 0.1) is 5.82 Å². The fourth-order valence-corrected chi connectivity index (χ4v) is 3.64. The minimum absolute atomic E-state index is 0.136. The second kappa shape index (κ2) is 8.28. The average molecular weight is 405 g/mol. The molecule has 27 heavy (non-hydrogen) atoms. The van der Waals surface area contributed by atoms with Crippen molar-refractivity contribution in [3.8, 4) is 0 Å². The summed E-state index contributed by atoms with van der Waals surface area (Å²) >= 11 is 7.16. The van der Waals surface area contributed by atoms with E-state index in [1.807, 2.05) is 0 Å². The van der Waals surface area contributed by atoms with Crippen LogP contribution >= 0.6 is 22.9 Å². The van der Waals surface area contributed by atoms with E-state index in [1.165, 1.54) is 36.0 Å². The van der Waals surface area contributed by atoms with E-state index in [2.05, 4.69) is 4.99 Å². The number of carbonyl (C=O) groups excluding carboxylic acids is 2. The molecule has 0 spiro atoms. The Morgan fingerprint density at radius 3 is 2.81 bits per heavy atom. The summed E-state index contributed by atoms with van der Waals surface area (Å²) in [6.07, 6.45) is 2.85. The van der Waals surface area contributed by atoms with E-state index < -0.39 is 17.7 Å². The molecule has 0 saturated carbocycles. The van der Waals surface area contributed by atoms with Gasteiger partial charge in [0.2, 0.25) is 0 Å². The summed E-state index contributed by atoms with van der Waals surface area (Å²) in [6, 6.07) is 11.2. The molecule has 0 aliphatic rings. The quantitative estimate of drug-likeness (QED) is 0.490. The maximum atomic E-state index is 13.5. The Kier molecular flexibility index (Phi) is 5.83. The van der Waals surface area contributed by atoms with Gasteiger partial charge in [-0.1, -0.05) is 41.1 Å². The number of carbonyl (C=O) groups is 2. The minimum atomic E-state index is -0.527. The van der Waals surface area contributed by atoms with Crippen molar-refractivity contribution in [3.05, 3.63) is 69.7 Å². The third kappa shape index (κ3) is 4.50. The van der Waals surface area contributed by atoms with E-state index in [9.17, 15) is 14.0 Å². The second-order valence-electron chi connectivity index (χ2n) is 5.46. The summed E-state index contributed by atoms with van der Waals surface area (Å²) in [4.78, 5) is 28.3. The summed E-state index contributed by atoms with van der Waals surface area (Å²) in [5.41, 5.74) is 1.27. The van der Waals surface area contributed by atoms with Crippen LogP contribution < -0.4 is 4.80 Å². The summed E-state index contributed by atoms with van der Waals surface area (Å²) in [6.45, 7) is -0.136. The highest BCUT2D eigenvalue weighted by Crippen LogP contribution is 2.19. The molecule has 0 saturated heterocycles. The Morgan fingerprint density at radius 1 is 1.30 bits per heavy atom. The van der Waals surface area contributed by atoms with Gasteiger partial charge in [0, 0.05) is 11.1 Å². The summed E-state index contributed by atoms with van der Waals surface area (Å²) < 4.78 is 20.3. The number of aromatic nitrogens is 1. The van der Waals surface area contributed by atoms with Crippen molar-refractivity contribution in [1.29, 1.82) is 0 Å². The zero-order valence-electron chi connectivity index (χ0n) is 14.2. The number of amides is 1. The first-order valence-corrected chi connectivity index (χ1v) is 9.04. The summed E-state index contributed by atoms with van der Waals surface area (Å²) in [7, 11) is 1.27. The zero-order chi connectivity index (χ0) is 19.4. The molecule has 1 amide bonds. The van der Waals surface area contributed by atoms with E-state index >= 15 is 0 Å². The van der Waals surface area contributed by atoms with Gasteiger partial charge in [-0.3, -0.25) is 9.59 Å². The Bertz CT molecular complexity index is 1120. The SMILES string of the molecule is COC(=O)Cn1c(=NC(=O)/C=C/c2ccccc2Cl)sc2cc(F)ccc21. The highest BCUT2D eigenvalue weighted by Gasteiger charge is 2.12. The lowest BCUT2D eigenvalue weighted by atomic mass is 10.2. The number of rotatable bonds is 4. The van der Waals surface area contributed by atoms with Crippen molar-refractivity contribution in [3.63, 3.8) is 0 Å². The second-order valence-corrected chi connectivity index (χ2v) is 6.88. The minimum Gasteiger partial charge on any atom is -0.468 e. The number of nitrogens with zero attached hydrogens (tertiary/aromatic N) is 2. The number of hydrogen-bond donors (Lipinski definition) is 0. The van der Waals surface area contributed by atoms with E-state index in [-0.39, 0.29) is 11.3 Å². The van der Waals surface area contributed by atoms with Gasteiger partial charge in [0.05, 0.1) is 17.3 Å². The number of ether oxygens (including phenoxy) is 1. The normalized spacial score (nSPS) is 12.0. The number of methoxy groups -OCH3 is 1. The third-order valence-corrected chi connectivity index (χ3v) is 5.06. The largest absolute Gasteiger partial charge is 0.468 e. The highest BCUT2D eigenvalue weighted by atomic mass is 35.5. The molecule has 0 radical (unpaired) electrons. The first-order valence-electron chi connectivity index (χ1n) is 7.85. The van der Waals surface area contributed by atoms with Crippen LogP contribution in [0.4, 0.5) is 4.39 Å². The number of esters is 1. The maximum Gasteiger partial charge on any atom is 0.325 e. The molecular formula is C19H14ClFN2O3S. The molecule has 0 atom stereocenters. The van der Waals surface area contributed by atoms with Gasteiger partial charge in [0.25, 0.3) is 5.91 Å². The number of fused-ring (bicyclic) bond motifs is 1. The van der Waals surface area contributed by atoms with Crippen LogP contribution in [0.2, 0.25) is 5.02 Å². The van der Waals surface area contributed by atoms with E-state index in [0.29, 0.717) is 20.8 Å². The lowest BCUT2D eigenvalue weighted by Gasteiger charge is -2.03. The molecule has 5 nitrogen and oxygen atoms in total. The first-order chi connectivity index (χ1) is 13.0. The molecule has 2 aromatic carbocycles. The Labute approximate surface area is 163 Å². The van der Waals surface area contributed by atoms with Crippen LogP contribution in [0.25, 0.3) is 16.3 Å². The number of thiazole rings is 1. The van der Waals surface area contributed by atoms with Gasteiger partial charge >= 0.3 is 5.97 Å². The van der Waals surface area contributed by atoms with Crippen molar-refractivity contribution >= 4 is 51.1 Å². The van der Waals surface area contributed by atoms with Gasteiger partial charge in [-0.05, 0) is 35.9 Å². The van der Waals surface area contributed by atoms with Gasteiger partial charge in [0.1, 0.15) is 12.4 Å². The molecule has 0 fully saturated rings. The number of halogens is 2. The monoisotopic (exact) mass is 404 g/mol. The topological polar surface area (TPSA) is 60.7 Å². The molecule has 0 N–H and O–H groups in total. The summed E-state index contributed by atoms with van der Waals surface area (Å²) in [5.74, 6) is -1.44. The molecule has 1 heterocycles. The van der Waals surface area contributed by atoms with Crippen LogP contribution in [-0.2, 0) is 20.9 Å². The molecule has 0 aliphatic heterocycles. The molecule has 8 heteroatoms. The van der Waals surface area contributed by atoms with Crippen molar-refractivity contribution in [2.75, 3.05) is 7.11 Å². The predicted octanol–water partition coefficient (Wildman–Crippen LogP) is 3.81. The standard InChI is InChI=1S/C19H14ClFN2O3S/c1-26-18(25)11-23-15-8-7-13(21)10-16(15)27-19(23)22-17(24)9-6-12-4-2-3-5-14(12)20/h2-10H,11H2,1H3/b9-6+,22-19?. The van der Waals surface area contributed by atoms with Gasteiger partial charge in [-0.2, -0.15) is 4.99 Å². The first kappa shape index (κ1) is 19.0. The zero-order valence-corrected chi connectivity index (χ0v) is 15.8. The van der Waals surface area contributed by atoms with Crippen LogP contribution in [-0.4, -0.2) is 23.6 Å². The molecule has 138 valence electrons. The lowest BCUT2D eigenvalue weighted by molar-refractivity contribution is -0.141. The maximum absolute atomic E-state index is 13.5.